The van der Waals surface area contributed by atoms with E-state index in [4.69, 9.17) is 10.5 Å². The van der Waals surface area contributed by atoms with Crippen LogP contribution in [0.5, 0.6) is 0 Å². The average molecular weight is 280 g/mol. The van der Waals surface area contributed by atoms with E-state index in [-0.39, 0.29) is 18.1 Å². The highest BCUT2D eigenvalue weighted by molar-refractivity contribution is 5.77. The van der Waals surface area contributed by atoms with E-state index in [1.165, 1.54) is 0 Å². The average Bonchev–Trinajstić information content (AvgIpc) is 3.06. The zero-order valence-electron chi connectivity index (χ0n) is 12.3. The van der Waals surface area contributed by atoms with Crippen molar-refractivity contribution in [3.63, 3.8) is 0 Å². The molecule has 0 radical (unpaired) electrons. The van der Waals surface area contributed by atoms with Crippen LogP contribution >= 0.6 is 0 Å². The van der Waals surface area contributed by atoms with Crippen molar-refractivity contribution in [1.82, 2.24) is 14.5 Å². The van der Waals surface area contributed by atoms with Gasteiger partial charge in [-0.15, -0.1) is 0 Å². The van der Waals surface area contributed by atoms with Gasteiger partial charge in [0.1, 0.15) is 5.82 Å². The fourth-order valence-electron chi connectivity index (χ4n) is 2.75. The van der Waals surface area contributed by atoms with Gasteiger partial charge in [0.25, 0.3) is 0 Å². The van der Waals surface area contributed by atoms with Gasteiger partial charge in [0.15, 0.2) is 0 Å². The molecule has 1 saturated heterocycles. The number of methoxy groups -OCH3 is 1. The number of nitrogens with two attached hydrogens (primary N) is 1. The molecule has 0 aliphatic carbocycles. The van der Waals surface area contributed by atoms with E-state index < -0.39 is 0 Å². The number of amides is 1. The Morgan fingerprint density at radius 3 is 3.05 bits per heavy atom. The normalized spacial score (nSPS) is 20.4. The number of carbonyl (C=O) groups is 1. The molecule has 2 rings (SSSR count). The Morgan fingerprint density at radius 1 is 1.65 bits per heavy atom. The number of imidazole rings is 1. The monoisotopic (exact) mass is 280 g/mol. The Kier molecular flexibility index (Phi) is 5.14. The molecule has 6 nitrogen and oxygen atoms in total. The minimum Gasteiger partial charge on any atom is -0.380 e. The molecule has 6 heteroatoms. The van der Waals surface area contributed by atoms with Gasteiger partial charge in [-0.2, -0.15) is 0 Å². The minimum atomic E-state index is -0.182. The first-order valence-electron chi connectivity index (χ1n) is 7.15. The number of hydrogen-bond donors (Lipinski definition) is 1. The maximum atomic E-state index is 12.4. The summed E-state index contributed by atoms with van der Waals surface area (Å²) in [6.45, 7) is 4.01. The van der Waals surface area contributed by atoms with Crippen molar-refractivity contribution in [2.75, 3.05) is 20.2 Å². The molecule has 1 amide bonds. The summed E-state index contributed by atoms with van der Waals surface area (Å²) in [4.78, 5) is 18.6. The van der Waals surface area contributed by atoms with Gasteiger partial charge in [-0.25, -0.2) is 4.98 Å². The molecule has 1 aromatic heterocycles. The minimum absolute atomic E-state index is 0.141. The summed E-state index contributed by atoms with van der Waals surface area (Å²) in [5.74, 6) is 1.13. The lowest BCUT2D eigenvalue weighted by molar-refractivity contribution is -0.134. The van der Waals surface area contributed by atoms with Crippen molar-refractivity contribution >= 4 is 5.91 Å². The number of likely N-dealkylation sites (tertiary alicyclic amines) is 1. The van der Waals surface area contributed by atoms with Crippen molar-refractivity contribution in [2.45, 2.75) is 44.9 Å². The molecule has 2 atom stereocenters. The van der Waals surface area contributed by atoms with Gasteiger partial charge in [-0.05, 0) is 19.8 Å². The van der Waals surface area contributed by atoms with Gasteiger partial charge >= 0.3 is 0 Å². The molecular formula is C14H24N4O2. The van der Waals surface area contributed by atoms with E-state index in [1.807, 2.05) is 18.0 Å². The maximum absolute atomic E-state index is 12.4. The lowest BCUT2D eigenvalue weighted by atomic mass is 10.2. The summed E-state index contributed by atoms with van der Waals surface area (Å²) in [6.07, 6.45) is 6.05. The fourth-order valence-corrected chi connectivity index (χ4v) is 2.75. The number of ether oxygens (including phenoxy) is 1. The fraction of sp³-hybridized carbons (Fsp3) is 0.714. The summed E-state index contributed by atoms with van der Waals surface area (Å²) >= 11 is 0. The van der Waals surface area contributed by atoms with Gasteiger partial charge in [-0.3, -0.25) is 4.79 Å². The largest absolute Gasteiger partial charge is 0.380 e. The smallest absolute Gasteiger partial charge is 0.225 e. The molecule has 1 fully saturated rings. The Balaban J connectivity index is 1.96. The lowest BCUT2D eigenvalue weighted by Crippen LogP contribution is -2.40. The molecule has 2 unspecified atom stereocenters. The van der Waals surface area contributed by atoms with E-state index in [1.54, 1.807) is 13.3 Å². The molecule has 20 heavy (non-hydrogen) atoms. The molecule has 0 saturated carbocycles. The second-order valence-electron chi connectivity index (χ2n) is 5.31. The van der Waals surface area contributed by atoms with E-state index in [9.17, 15) is 4.79 Å². The molecule has 1 aliphatic heterocycles. The van der Waals surface area contributed by atoms with Crippen LogP contribution in [0.25, 0.3) is 0 Å². The number of nitrogens with zero attached hydrogens (tertiary/aromatic N) is 3. The first-order valence-corrected chi connectivity index (χ1v) is 7.15. The molecule has 0 spiro atoms. The van der Waals surface area contributed by atoms with E-state index in [2.05, 4.69) is 9.55 Å². The highest BCUT2D eigenvalue weighted by atomic mass is 16.5. The van der Waals surface area contributed by atoms with Crippen LogP contribution in [0, 0.1) is 6.92 Å². The van der Waals surface area contributed by atoms with Crippen molar-refractivity contribution in [1.29, 1.82) is 0 Å². The van der Waals surface area contributed by atoms with Gasteiger partial charge in [0.05, 0.1) is 12.5 Å². The first kappa shape index (κ1) is 15.0. The van der Waals surface area contributed by atoms with E-state index in [0.717, 1.165) is 31.8 Å². The molecular weight excluding hydrogens is 256 g/mol. The predicted octanol–water partition coefficient (Wildman–Crippen LogP) is 0.546. The number of aromatic nitrogens is 2. The van der Waals surface area contributed by atoms with Crippen LogP contribution in [0.15, 0.2) is 12.4 Å². The lowest BCUT2D eigenvalue weighted by Gasteiger charge is -2.27. The van der Waals surface area contributed by atoms with Crippen LogP contribution in [0.4, 0.5) is 0 Å². The predicted molar refractivity (Wildman–Crippen MR) is 76.2 cm³/mol. The van der Waals surface area contributed by atoms with Gasteiger partial charge < -0.3 is 19.9 Å². The summed E-state index contributed by atoms with van der Waals surface area (Å²) in [5.41, 5.74) is 5.59. The van der Waals surface area contributed by atoms with Crippen LogP contribution in [0.1, 0.15) is 25.1 Å². The number of rotatable bonds is 6. The van der Waals surface area contributed by atoms with Crippen LogP contribution < -0.4 is 5.73 Å². The number of hydrogen-bond acceptors (Lipinski definition) is 4. The Hall–Kier alpha value is -1.40. The van der Waals surface area contributed by atoms with Crippen LogP contribution in [-0.2, 0) is 16.1 Å². The number of carbonyl (C=O) groups excluding carboxylic acids is 1. The van der Waals surface area contributed by atoms with Crippen LogP contribution in [-0.4, -0.2) is 52.7 Å². The summed E-state index contributed by atoms with van der Waals surface area (Å²) in [6, 6.07) is 0.255. The second-order valence-corrected chi connectivity index (χ2v) is 5.31. The zero-order valence-corrected chi connectivity index (χ0v) is 12.3. The summed E-state index contributed by atoms with van der Waals surface area (Å²) < 4.78 is 7.31. The van der Waals surface area contributed by atoms with E-state index >= 15 is 0 Å². The molecule has 0 bridgehead atoms. The second kappa shape index (κ2) is 6.85. The first-order chi connectivity index (χ1) is 9.65. The highest BCUT2D eigenvalue weighted by Crippen LogP contribution is 2.21. The molecule has 1 aliphatic rings. The molecule has 1 aromatic rings. The zero-order chi connectivity index (χ0) is 14.5. The van der Waals surface area contributed by atoms with Crippen molar-refractivity contribution < 1.29 is 9.53 Å². The molecule has 2 N–H and O–H groups in total. The third-order valence-electron chi connectivity index (χ3n) is 4.03. The van der Waals surface area contributed by atoms with Crippen LogP contribution in [0.2, 0.25) is 0 Å². The quantitative estimate of drug-likeness (QED) is 0.825. The topological polar surface area (TPSA) is 73.4 Å². The summed E-state index contributed by atoms with van der Waals surface area (Å²) in [7, 11) is 1.60. The van der Waals surface area contributed by atoms with Crippen molar-refractivity contribution in [2.24, 2.45) is 5.73 Å². The molecule has 112 valence electrons. The van der Waals surface area contributed by atoms with Crippen molar-refractivity contribution in [3.8, 4) is 0 Å². The number of aryl methyl sites for hydroxylation is 1. The van der Waals surface area contributed by atoms with Crippen LogP contribution in [0.3, 0.4) is 0 Å². The maximum Gasteiger partial charge on any atom is 0.225 e. The van der Waals surface area contributed by atoms with E-state index in [0.29, 0.717) is 13.0 Å². The van der Waals surface area contributed by atoms with Gasteiger partial charge in [-0.1, -0.05) is 0 Å². The molecule has 0 aromatic carbocycles. The van der Waals surface area contributed by atoms with Gasteiger partial charge in [0.2, 0.25) is 5.91 Å². The Labute approximate surface area is 119 Å². The standard InChI is InChI=1S/C14H24N4O2/c1-11-16-5-7-17(11)10-12-4-3-6-18(12)14(19)8-13(9-15)20-2/h5,7,12-13H,3-4,6,8-10,15H2,1-2H3. The molecule has 2 heterocycles. The summed E-state index contributed by atoms with van der Waals surface area (Å²) in [5, 5.41) is 0. The Morgan fingerprint density at radius 2 is 2.45 bits per heavy atom. The SMILES string of the molecule is COC(CN)CC(=O)N1CCCC1Cn1ccnc1C. The van der Waals surface area contributed by atoms with Gasteiger partial charge in [0, 0.05) is 45.2 Å². The van der Waals surface area contributed by atoms with Crippen molar-refractivity contribution in [3.05, 3.63) is 18.2 Å². The third kappa shape index (κ3) is 3.37. The highest BCUT2D eigenvalue weighted by Gasteiger charge is 2.30. The third-order valence-corrected chi connectivity index (χ3v) is 4.03. The Bertz CT molecular complexity index is 442.